The molecule has 0 heterocycles. The van der Waals surface area contributed by atoms with Crippen molar-refractivity contribution in [2.45, 2.75) is 25.6 Å². The molecule has 0 bridgehead atoms. The quantitative estimate of drug-likeness (QED) is 0.373. The first-order valence-electron chi connectivity index (χ1n) is 3.69. The number of hydrogen-bond donors (Lipinski definition) is 0. The van der Waals surface area contributed by atoms with Crippen molar-refractivity contribution in [2.75, 3.05) is 6.61 Å². The summed E-state index contributed by atoms with van der Waals surface area (Å²) < 4.78 is 4.65. The summed E-state index contributed by atoms with van der Waals surface area (Å²) in [7, 11) is 0. The summed E-state index contributed by atoms with van der Waals surface area (Å²) in [6, 6.07) is 0. The number of esters is 1. The third-order valence-electron chi connectivity index (χ3n) is 1.12. The Labute approximate surface area is 72.2 Å². The number of carbonyl (C=O) groups excluding carboxylic acids is 1. The van der Waals surface area contributed by atoms with Crippen LogP contribution in [0.15, 0.2) is 12.2 Å². The van der Waals surface area contributed by atoms with Gasteiger partial charge >= 0.3 is 5.97 Å². The number of rotatable bonds is 4. The van der Waals surface area contributed by atoms with Gasteiger partial charge in [0.2, 0.25) is 0 Å². The molecule has 2 nitrogen and oxygen atoms in total. The van der Waals surface area contributed by atoms with E-state index in [1.54, 1.807) is 13.0 Å². The van der Waals surface area contributed by atoms with E-state index < -0.39 is 0 Å². The van der Waals surface area contributed by atoms with Crippen LogP contribution < -0.4 is 0 Å². The molecule has 0 aromatic carbocycles. The van der Waals surface area contributed by atoms with E-state index in [0.29, 0.717) is 6.61 Å². The Morgan fingerprint density at radius 3 is 2.73 bits per heavy atom. The summed E-state index contributed by atoms with van der Waals surface area (Å²) in [5.41, 5.74) is 0. The van der Waals surface area contributed by atoms with Crippen LogP contribution in [0.1, 0.15) is 20.3 Å². The van der Waals surface area contributed by atoms with E-state index in [0.717, 1.165) is 6.42 Å². The minimum atomic E-state index is -0.327. The monoisotopic (exact) mass is 176 g/mol. The van der Waals surface area contributed by atoms with E-state index in [2.05, 4.69) is 4.74 Å². The Balaban J connectivity index is 3.63. The highest BCUT2D eigenvalue weighted by Crippen LogP contribution is 2.02. The van der Waals surface area contributed by atoms with Gasteiger partial charge in [-0.25, -0.2) is 4.79 Å². The van der Waals surface area contributed by atoms with Crippen molar-refractivity contribution in [1.29, 1.82) is 0 Å². The van der Waals surface area contributed by atoms with Gasteiger partial charge in [-0.1, -0.05) is 13.0 Å². The first kappa shape index (κ1) is 10.5. The minimum absolute atomic E-state index is 0.0700. The molecule has 0 aromatic rings. The zero-order valence-electron chi connectivity index (χ0n) is 6.84. The van der Waals surface area contributed by atoms with Crippen LogP contribution in [0.2, 0.25) is 0 Å². The normalized spacial score (nSPS) is 13.4. The predicted molar refractivity (Wildman–Crippen MR) is 45.7 cm³/mol. The minimum Gasteiger partial charge on any atom is -0.463 e. The van der Waals surface area contributed by atoms with Gasteiger partial charge in [0.05, 0.1) is 12.0 Å². The summed E-state index contributed by atoms with van der Waals surface area (Å²) in [4.78, 5) is 10.7. The largest absolute Gasteiger partial charge is 0.463 e. The van der Waals surface area contributed by atoms with Crippen LogP contribution in [-0.2, 0) is 9.53 Å². The van der Waals surface area contributed by atoms with Gasteiger partial charge < -0.3 is 4.74 Å². The summed E-state index contributed by atoms with van der Waals surface area (Å²) in [6.45, 7) is 4.12. The van der Waals surface area contributed by atoms with Crippen molar-refractivity contribution < 1.29 is 9.53 Å². The third kappa shape index (κ3) is 5.92. The molecule has 11 heavy (non-hydrogen) atoms. The molecule has 0 aliphatic heterocycles. The van der Waals surface area contributed by atoms with Gasteiger partial charge in [0, 0.05) is 6.08 Å². The van der Waals surface area contributed by atoms with Crippen LogP contribution in [0.5, 0.6) is 0 Å². The Kier molecular flexibility index (Phi) is 5.94. The zero-order chi connectivity index (χ0) is 8.69. The lowest BCUT2D eigenvalue weighted by molar-refractivity contribution is -0.137. The summed E-state index contributed by atoms with van der Waals surface area (Å²) in [6.07, 6.45) is 3.82. The summed E-state index contributed by atoms with van der Waals surface area (Å²) in [5.74, 6) is -0.327. The molecule has 0 aliphatic carbocycles. The van der Waals surface area contributed by atoms with E-state index in [1.807, 2.05) is 6.92 Å². The second-order valence-corrected chi connectivity index (χ2v) is 2.60. The maximum Gasteiger partial charge on any atom is 0.330 e. The maximum absolute atomic E-state index is 10.7. The Hall–Kier alpha value is -0.500. The lowest BCUT2D eigenvalue weighted by atomic mass is 10.3. The molecule has 64 valence electrons. The molecule has 1 atom stereocenters. The highest BCUT2D eigenvalue weighted by atomic mass is 35.5. The SMILES string of the molecule is CCOC(=O)/C=C/C(Cl)CC. The van der Waals surface area contributed by atoms with Gasteiger partial charge in [0.25, 0.3) is 0 Å². The van der Waals surface area contributed by atoms with Gasteiger partial charge in [-0.3, -0.25) is 0 Å². The van der Waals surface area contributed by atoms with Crippen LogP contribution in [0.3, 0.4) is 0 Å². The molecule has 0 fully saturated rings. The summed E-state index contributed by atoms with van der Waals surface area (Å²) in [5, 5.41) is -0.0700. The van der Waals surface area contributed by atoms with Crippen LogP contribution in [0, 0.1) is 0 Å². The smallest absolute Gasteiger partial charge is 0.330 e. The Morgan fingerprint density at radius 2 is 2.27 bits per heavy atom. The van der Waals surface area contributed by atoms with Crippen LogP contribution >= 0.6 is 11.6 Å². The van der Waals surface area contributed by atoms with Gasteiger partial charge in [-0.2, -0.15) is 0 Å². The maximum atomic E-state index is 10.7. The number of ether oxygens (including phenoxy) is 1. The van der Waals surface area contributed by atoms with Crippen molar-refractivity contribution in [3.8, 4) is 0 Å². The number of halogens is 1. The first-order valence-corrected chi connectivity index (χ1v) is 4.13. The lowest BCUT2D eigenvalue weighted by Gasteiger charge is -1.97. The molecule has 0 spiro atoms. The van der Waals surface area contributed by atoms with Crippen molar-refractivity contribution in [3.63, 3.8) is 0 Å². The highest BCUT2D eigenvalue weighted by Gasteiger charge is 1.97. The molecule has 0 N–H and O–H groups in total. The lowest BCUT2D eigenvalue weighted by Crippen LogP contribution is -2.00. The van der Waals surface area contributed by atoms with Gasteiger partial charge in [0.15, 0.2) is 0 Å². The van der Waals surface area contributed by atoms with E-state index in [4.69, 9.17) is 11.6 Å². The van der Waals surface area contributed by atoms with Crippen molar-refractivity contribution in [3.05, 3.63) is 12.2 Å². The average molecular weight is 177 g/mol. The fraction of sp³-hybridized carbons (Fsp3) is 0.625. The van der Waals surface area contributed by atoms with Gasteiger partial charge in [-0.15, -0.1) is 11.6 Å². The fourth-order valence-electron chi connectivity index (χ4n) is 0.509. The predicted octanol–water partition coefficient (Wildman–Crippen LogP) is 2.12. The molecule has 3 heteroatoms. The standard InChI is InChI=1S/C8H13ClO2/c1-3-7(9)5-6-8(10)11-4-2/h5-7H,3-4H2,1-2H3/b6-5+. The number of hydrogen-bond acceptors (Lipinski definition) is 2. The second-order valence-electron chi connectivity index (χ2n) is 2.04. The molecular formula is C8H13ClO2. The molecule has 1 unspecified atom stereocenters. The summed E-state index contributed by atoms with van der Waals surface area (Å²) >= 11 is 5.71. The van der Waals surface area contributed by atoms with E-state index in [-0.39, 0.29) is 11.3 Å². The Morgan fingerprint density at radius 1 is 1.64 bits per heavy atom. The third-order valence-corrected chi connectivity index (χ3v) is 1.57. The second kappa shape index (κ2) is 6.23. The van der Waals surface area contributed by atoms with E-state index in [1.165, 1.54) is 6.08 Å². The van der Waals surface area contributed by atoms with Crippen molar-refractivity contribution >= 4 is 17.6 Å². The molecule has 0 rings (SSSR count). The molecule has 0 radical (unpaired) electrons. The molecule has 0 amide bonds. The molecule has 0 aromatic heterocycles. The number of alkyl halides is 1. The molecule has 0 saturated heterocycles. The van der Waals surface area contributed by atoms with Crippen molar-refractivity contribution in [2.24, 2.45) is 0 Å². The fourth-order valence-corrected chi connectivity index (χ4v) is 0.582. The van der Waals surface area contributed by atoms with E-state index in [9.17, 15) is 4.79 Å². The number of allylic oxidation sites excluding steroid dienone is 1. The number of carbonyl (C=O) groups is 1. The van der Waals surface area contributed by atoms with Crippen LogP contribution in [0.4, 0.5) is 0 Å². The van der Waals surface area contributed by atoms with Gasteiger partial charge in [-0.05, 0) is 13.3 Å². The van der Waals surface area contributed by atoms with Crippen molar-refractivity contribution in [1.82, 2.24) is 0 Å². The topological polar surface area (TPSA) is 26.3 Å². The van der Waals surface area contributed by atoms with Crippen LogP contribution in [-0.4, -0.2) is 18.0 Å². The molecule has 0 saturated carbocycles. The Bertz CT molecular complexity index is 143. The molecular weight excluding hydrogens is 164 g/mol. The molecule has 0 aliphatic rings. The van der Waals surface area contributed by atoms with Crippen LogP contribution in [0.25, 0.3) is 0 Å². The van der Waals surface area contributed by atoms with Gasteiger partial charge in [0.1, 0.15) is 0 Å². The zero-order valence-corrected chi connectivity index (χ0v) is 7.60. The highest BCUT2D eigenvalue weighted by molar-refractivity contribution is 6.21. The first-order chi connectivity index (χ1) is 5.20. The average Bonchev–Trinajstić information content (AvgIpc) is 2.01. The van der Waals surface area contributed by atoms with E-state index >= 15 is 0 Å².